The van der Waals surface area contributed by atoms with Crippen molar-refractivity contribution in [1.82, 2.24) is 5.32 Å². The van der Waals surface area contributed by atoms with Crippen LogP contribution in [-0.4, -0.2) is 29.4 Å². The molecule has 23 heavy (non-hydrogen) atoms. The molecule has 0 fully saturated rings. The third-order valence-electron chi connectivity index (χ3n) is 3.08. The Bertz CT molecular complexity index is 566. The number of carboxylic acid groups (broad SMARTS) is 1. The van der Waals surface area contributed by atoms with E-state index in [4.69, 9.17) is 5.11 Å². The second-order valence-corrected chi connectivity index (χ2v) is 6.85. The van der Waals surface area contributed by atoms with Gasteiger partial charge in [0, 0.05) is 24.3 Å². The molecule has 0 atom stereocenters. The second-order valence-electron chi connectivity index (χ2n) is 5.71. The lowest BCUT2D eigenvalue weighted by molar-refractivity contribution is -0.137. The molecule has 0 aliphatic carbocycles. The van der Waals surface area contributed by atoms with E-state index in [-0.39, 0.29) is 24.2 Å². The number of hydrogen-bond acceptors (Lipinski definition) is 4. The predicted molar refractivity (Wildman–Crippen MR) is 91.0 cm³/mol. The van der Waals surface area contributed by atoms with Crippen LogP contribution in [0, 0.1) is 5.92 Å². The molecule has 3 N–H and O–H groups in total. The molecule has 0 spiro atoms. The summed E-state index contributed by atoms with van der Waals surface area (Å²) in [6, 6.07) is 1.78. The van der Waals surface area contributed by atoms with E-state index >= 15 is 0 Å². The van der Waals surface area contributed by atoms with Gasteiger partial charge in [-0.2, -0.15) is 0 Å². The molecule has 0 saturated carbocycles. The lowest BCUT2D eigenvalue weighted by atomic mass is 10.1. The van der Waals surface area contributed by atoms with Crippen LogP contribution in [0.15, 0.2) is 6.07 Å². The summed E-state index contributed by atoms with van der Waals surface area (Å²) in [4.78, 5) is 35.6. The summed E-state index contributed by atoms with van der Waals surface area (Å²) in [5, 5.41) is 14.7. The van der Waals surface area contributed by atoms with Gasteiger partial charge in [0.15, 0.2) is 0 Å². The summed E-state index contributed by atoms with van der Waals surface area (Å²) in [7, 11) is 0. The van der Waals surface area contributed by atoms with Crippen LogP contribution in [0.2, 0.25) is 0 Å². The molecule has 0 aliphatic heterocycles. The zero-order valence-corrected chi connectivity index (χ0v) is 14.6. The van der Waals surface area contributed by atoms with Gasteiger partial charge in [-0.05, 0) is 24.8 Å². The molecule has 1 aromatic rings. The molecule has 128 valence electrons. The summed E-state index contributed by atoms with van der Waals surface area (Å²) >= 11 is 1.40. The molecule has 0 bridgehead atoms. The highest BCUT2D eigenvalue weighted by molar-refractivity contribution is 7.16. The number of thiophene rings is 1. The first kappa shape index (κ1) is 19.2. The van der Waals surface area contributed by atoms with Crippen molar-refractivity contribution in [2.75, 3.05) is 11.9 Å². The third kappa shape index (κ3) is 6.81. The van der Waals surface area contributed by atoms with Crippen molar-refractivity contribution in [3.63, 3.8) is 0 Å². The Morgan fingerprint density at radius 3 is 2.57 bits per heavy atom. The van der Waals surface area contributed by atoms with Crippen LogP contribution in [0.3, 0.4) is 0 Å². The van der Waals surface area contributed by atoms with Crippen molar-refractivity contribution < 1.29 is 19.5 Å². The maximum atomic E-state index is 12.2. The van der Waals surface area contributed by atoms with Crippen LogP contribution in [0.1, 0.15) is 55.3 Å². The van der Waals surface area contributed by atoms with Crippen LogP contribution in [0.5, 0.6) is 0 Å². The van der Waals surface area contributed by atoms with Crippen LogP contribution >= 0.6 is 11.3 Å². The molecule has 0 aromatic carbocycles. The van der Waals surface area contributed by atoms with Crippen LogP contribution in [0.25, 0.3) is 0 Å². The van der Waals surface area contributed by atoms with Crippen molar-refractivity contribution in [3.8, 4) is 0 Å². The molecule has 0 radical (unpaired) electrons. The third-order valence-corrected chi connectivity index (χ3v) is 4.27. The van der Waals surface area contributed by atoms with E-state index in [0.717, 1.165) is 11.3 Å². The lowest BCUT2D eigenvalue weighted by Crippen LogP contribution is -2.26. The van der Waals surface area contributed by atoms with Crippen molar-refractivity contribution >= 4 is 34.1 Å². The molecular formula is C16H24N2O4S. The summed E-state index contributed by atoms with van der Waals surface area (Å²) in [5.41, 5.74) is 0.444. The van der Waals surface area contributed by atoms with Gasteiger partial charge in [-0.25, -0.2) is 0 Å². The maximum Gasteiger partial charge on any atom is 0.303 e. The van der Waals surface area contributed by atoms with E-state index in [0.29, 0.717) is 30.0 Å². The second kappa shape index (κ2) is 9.29. The van der Waals surface area contributed by atoms with E-state index in [2.05, 4.69) is 10.6 Å². The number of carboxylic acids is 1. The molecule has 1 heterocycles. The van der Waals surface area contributed by atoms with Gasteiger partial charge in [-0.15, -0.1) is 11.3 Å². The number of aliphatic carboxylic acids is 1. The van der Waals surface area contributed by atoms with Gasteiger partial charge in [0.05, 0.1) is 5.56 Å². The molecule has 7 heteroatoms. The van der Waals surface area contributed by atoms with E-state index in [1.165, 1.54) is 11.3 Å². The van der Waals surface area contributed by atoms with Crippen molar-refractivity contribution in [3.05, 3.63) is 16.5 Å². The summed E-state index contributed by atoms with van der Waals surface area (Å²) in [6.45, 7) is 6.20. The minimum atomic E-state index is -0.885. The largest absolute Gasteiger partial charge is 0.481 e. The summed E-state index contributed by atoms with van der Waals surface area (Å²) < 4.78 is 0. The van der Waals surface area contributed by atoms with Gasteiger partial charge in [-0.1, -0.05) is 20.8 Å². The van der Waals surface area contributed by atoms with E-state index in [1.807, 2.05) is 20.8 Å². The highest BCUT2D eigenvalue weighted by atomic mass is 32.1. The molecule has 0 unspecified atom stereocenters. The van der Waals surface area contributed by atoms with Crippen molar-refractivity contribution in [2.24, 2.45) is 5.92 Å². The van der Waals surface area contributed by atoms with Gasteiger partial charge < -0.3 is 15.7 Å². The smallest absolute Gasteiger partial charge is 0.303 e. The Balaban J connectivity index is 2.72. The Kier molecular flexibility index (Phi) is 7.74. The zero-order valence-electron chi connectivity index (χ0n) is 13.8. The SMILES string of the molecule is CCc1cc(C(=O)NCCCC(=O)O)c(NC(=O)CC(C)C)s1. The number of anilines is 1. The van der Waals surface area contributed by atoms with Crippen LogP contribution < -0.4 is 10.6 Å². The Morgan fingerprint density at radius 2 is 2.00 bits per heavy atom. The molecule has 1 aromatic heterocycles. The molecular weight excluding hydrogens is 316 g/mol. The van der Waals surface area contributed by atoms with E-state index in [9.17, 15) is 14.4 Å². The summed E-state index contributed by atoms with van der Waals surface area (Å²) in [5.74, 6) is -1.03. The summed E-state index contributed by atoms with van der Waals surface area (Å²) in [6.07, 6.45) is 1.58. The fourth-order valence-electron chi connectivity index (χ4n) is 1.96. The van der Waals surface area contributed by atoms with Crippen LogP contribution in [0.4, 0.5) is 5.00 Å². The molecule has 2 amide bonds. The highest BCUT2D eigenvalue weighted by Crippen LogP contribution is 2.29. The highest BCUT2D eigenvalue weighted by Gasteiger charge is 2.17. The fourth-order valence-corrected chi connectivity index (χ4v) is 2.97. The van der Waals surface area contributed by atoms with Gasteiger partial charge in [-0.3, -0.25) is 14.4 Å². The van der Waals surface area contributed by atoms with Gasteiger partial charge in [0.1, 0.15) is 5.00 Å². The predicted octanol–water partition coefficient (Wildman–Crippen LogP) is 2.89. The van der Waals surface area contributed by atoms with Gasteiger partial charge >= 0.3 is 5.97 Å². The van der Waals surface area contributed by atoms with E-state index in [1.54, 1.807) is 6.07 Å². The monoisotopic (exact) mass is 340 g/mol. The molecule has 0 aliphatic rings. The fraction of sp³-hybridized carbons (Fsp3) is 0.562. The number of carbonyl (C=O) groups is 3. The first-order valence-electron chi connectivity index (χ1n) is 7.76. The normalized spacial score (nSPS) is 10.6. The van der Waals surface area contributed by atoms with Crippen molar-refractivity contribution in [1.29, 1.82) is 0 Å². The lowest BCUT2D eigenvalue weighted by Gasteiger charge is -2.08. The Labute approximate surface area is 140 Å². The van der Waals surface area contributed by atoms with E-state index < -0.39 is 5.97 Å². The average molecular weight is 340 g/mol. The number of carbonyl (C=O) groups excluding carboxylic acids is 2. The zero-order chi connectivity index (χ0) is 17.4. The Morgan fingerprint density at radius 1 is 1.30 bits per heavy atom. The van der Waals surface area contributed by atoms with Gasteiger partial charge in [0.2, 0.25) is 5.91 Å². The Hall–Kier alpha value is -1.89. The minimum absolute atomic E-state index is 0.0160. The maximum absolute atomic E-state index is 12.2. The first-order valence-corrected chi connectivity index (χ1v) is 8.57. The molecule has 1 rings (SSSR count). The average Bonchev–Trinajstić information content (AvgIpc) is 2.85. The standard InChI is InChI=1S/C16H24N2O4S/c1-4-11-9-12(15(22)17-7-5-6-14(20)21)16(23-11)18-13(19)8-10(2)3/h9-10H,4-8H2,1-3H3,(H,17,22)(H,18,19)(H,20,21). The number of aryl methyl sites for hydroxylation is 1. The van der Waals surface area contributed by atoms with Crippen molar-refractivity contribution in [2.45, 2.75) is 46.5 Å². The topological polar surface area (TPSA) is 95.5 Å². The van der Waals surface area contributed by atoms with Gasteiger partial charge in [0.25, 0.3) is 5.91 Å². The number of nitrogens with one attached hydrogen (secondary N) is 2. The minimum Gasteiger partial charge on any atom is -0.481 e. The van der Waals surface area contributed by atoms with Crippen LogP contribution in [-0.2, 0) is 16.0 Å². The number of rotatable bonds is 9. The molecule has 0 saturated heterocycles. The number of amides is 2. The first-order chi connectivity index (χ1) is 10.8. The quantitative estimate of drug-likeness (QED) is 0.602. The number of hydrogen-bond donors (Lipinski definition) is 3. The molecule has 6 nitrogen and oxygen atoms in total.